The van der Waals surface area contributed by atoms with Crippen LogP contribution in [0.25, 0.3) is 0 Å². The predicted molar refractivity (Wildman–Crippen MR) is 59.9 cm³/mol. The van der Waals surface area contributed by atoms with Crippen LogP contribution in [0.3, 0.4) is 0 Å². The minimum absolute atomic E-state index is 0.00653. The van der Waals surface area contributed by atoms with Gasteiger partial charge in [0.15, 0.2) is 0 Å². The average molecular weight is 271 g/mol. The van der Waals surface area contributed by atoms with E-state index in [4.69, 9.17) is 0 Å². The molecule has 0 atom stereocenters. The molecule has 0 amide bonds. The van der Waals surface area contributed by atoms with E-state index in [0.29, 0.717) is 11.1 Å². The van der Waals surface area contributed by atoms with Crippen LogP contribution in [0.1, 0.15) is 22.8 Å². The molecule has 0 aliphatic carbocycles. The standard InChI is InChI=1S/C11H11BrO3/c1-7(13)6-9-8(11(14)15-2)4-3-5-10(9)12/h3-5H,6H2,1-2H3. The van der Waals surface area contributed by atoms with Crippen molar-refractivity contribution in [2.24, 2.45) is 0 Å². The van der Waals surface area contributed by atoms with Gasteiger partial charge in [0.2, 0.25) is 0 Å². The zero-order valence-electron chi connectivity index (χ0n) is 8.54. The van der Waals surface area contributed by atoms with Gasteiger partial charge in [-0.25, -0.2) is 4.79 Å². The Morgan fingerprint density at radius 3 is 2.60 bits per heavy atom. The fourth-order valence-corrected chi connectivity index (χ4v) is 1.79. The lowest BCUT2D eigenvalue weighted by Gasteiger charge is -2.08. The second-order valence-electron chi connectivity index (χ2n) is 3.14. The van der Waals surface area contributed by atoms with Crippen molar-refractivity contribution in [1.82, 2.24) is 0 Å². The number of esters is 1. The highest BCUT2D eigenvalue weighted by molar-refractivity contribution is 9.10. The maximum Gasteiger partial charge on any atom is 0.338 e. The van der Waals surface area contributed by atoms with Crippen molar-refractivity contribution in [3.05, 3.63) is 33.8 Å². The van der Waals surface area contributed by atoms with E-state index >= 15 is 0 Å². The Labute approximate surface area is 96.6 Å². The monoisotopic (exact) mass is 270 g/mol. The quantitative estimate of drug-likeness (QED) is 0.793. The molecule has 3 nitrogen and oxygen atoms in total. The SMILES string of the molecule is COC(=O)c1cccc(Br)c1CC(C)=O. The van der Waals surface area contributed by atoms with Gasteiger partial charge in [-0.15, -0.1) is 0 Å². The number of rotatable bonds is 3. The predicted octanol–water partition coefficient (Wildman–Crippen LogP) is 2.37. The van der Waals surface area contributed by atoms with Gasteiger partial charge in [0.1, 0.15) is 5.78 Å². The van der Waals surface area contributed by atoms with Crippen LogP contribution < -0.4 is 0 Å². The molecule has 0 saturated heterocycles. The van der Waals surface area contributed by atoms with Crippen LogP contribution in [0.2, 0.25) is 0 Å². The second-order valence-corrected chi connectivity index (χ2v) is 3.99. The Kier molecular flexibility index (Phi) is 4.03. The Morgan fingerprint density at radius 1 is 1.40 bits per heavy atom. The highest BCUT2D eigenvalue weighted by Gasteiger charge is 2.15. The summed E-state index contributed by atoms with van der Waals surface area (Å²) < 4.78 is 5.39. The van der Waals surface area contributed by atoms with Gasteiger partial charge in [0.25, 0.3) is 0 Å². The number of carbonyl (C=O) groups excluding carboxylic acids is 2. The Hall–Kier alpha value is -1.16. The number of ketones is 1. The van der Waals surface area contributed by atoms with E-state index in [0.717, 1.165) is 4.47 Å². The molecule has 0 N–H and O–H groups in total. The van der Waals surface area contributed by atoms with E-state index < -0.39 is 5.97 Å². The van der Waals surface area contributed by atoms with Gasteiger partial charge in [-0.1, -0.05) is 22.0 Å². The van der Waals surface area contributed by atoms with Crippen molar-refractivity contribution < 1.29 is 14.3 Å². The largest absolute Gasteiger partial charge is 0.465 e. The summed E-state index contributed by atoms with van der Waals surface area (Å²) in [5.74, 6) is -0.417. The Balaban J connectivity index is 3.19. The summed E-state index contributed by atoms with van der Waals surface area (Å²) in [7, 11) is 1.32. The molecule has 0 aliphatic heterocycles. The van der Waals surface area contributed by atoms with E-state index in [1.54, 1.807) is 18.2 Å². The molecule has 0 saturated carbocycles. The van der Waals surface area contributed by atoms with E-state index in [1.807, 2.05) is 0 Å². The fraction of sp³-hybridized carbons (Fsp3) is 0.273. The van der Waals surface area contributed by atoms with Crippen LogP contribution in [-0.4, -0.2) is 18.9 Å². The molecule has 0 spiro atoms. The maximum absolute atomic E-state index is 11.4. The van der Waals surface area contributed by atoms with Gasteiger partial charge < -0.3 is 4.74 Å². The lowest BCUT2D eigenvalue weighted by Crippen LogP contribution is -2.09. The molecule has 1 rings (SSSR count). The number of carbonyl (C=O) groups is 2. The minimum Gasteiger partial charge on any atom is -0.465 e. The molecular formula is C11H11BrO3. The molecule has 0 unspecified atom stereocenters. The molecule has 1 aromatic carbocycles. The highest BCUT2D eigenvalue weighted by Crippen LogP contribution is 2.22. The molecule has 0 bridgehead atoms. The third-order valence-electron chi connectivity index (χ3n) is 1.95. The second kappa shape index (κ2) is 5.07. The summed E-state index contributed by atoms with van der Waals surface area (Å²) in [6.07, 6.45) is 0.228. The van der Waals surface area contributed by atoms with Crippen LogP contribution in [0.5, 0.6) is 0 Å². The van der Waals surface area contributed by atoms with Crippen molar-refractivity contribution in [2.45, 2.75) is 13.3 Å². The van der Waals surface area contributed by atoms with Crippen LogP contribution in [0, 0.1) is 0 Å². The third-order valence-corrected chi connectivity index (χ3v) is 2.69. The topological polar surface area (TPSA) is 43.4 Å². The van der Waals surface area contributed by atoms with Crippen LogP contribution in [0.15, 0.2) is 22.7 Å². The maximum atomic E-state index is 11.4. The first-order valence-electron chi connectivity index (χ1n) is 4.41. The molecule has 15 heavy (non-hydrogen) atoms. The number of ether oxygens (including phenoxy) is 1. The Morgan fingerprint density at radius 2 is 2.07 bits per heavy atom. The van der Waals surface area contributed by atoms with Crippen LogP contribution in [-0.2, 0) is 16.0 Å². The van der Waals surface area contributed by atoms with Crippen molar-refractivity contribution in [3.8, 4) is 0 Å². The van der Waals surface area contributed by atoms with E-state index in [9.17, 15) is 9.59 Å². The molecular weight excluding hydrogens is 260 g/mol. The van der Waals surface area contributed by atoms with E-state index in [2.05, 4.69) is 20.7 Å². The van der Waals surface area contributed by atoms with Gasteiger partial charge in [-0.3, -0.25) is 4.79 Å². The fourth-order valence-electron chi connectivity index (χ4n) is 1.29. The summed E-state index contributed by atoms with van der Waals surface area (Å²) in [6.45, 7) is 1.49. The summed E-state index contributed by atoms with van der Waals surface area (Å²) in [5.41, 5.74) is 1.11. The van der Waals surface area contributed by atoms with Crippen LogP contribution in [0.4, 0.5) is 0 Å². The molecule has 80 valence electrons. The average Bonchev–Trinajstić information content (AvgIpc) is 2.19. The van der Waals surface area contributed by atoms with Crippen molar-refractivity contribution in [3.63, 3.8) is 0 Å². The molecule has 1 aromatic rings. The van der Waals surface area contributed by atoms with E-state index in [-0.39, 0.29) is 12.2 Å². The molecule has 0 aromatic heterocycles. The number of halogens is 1. The lowest BCUT2D eigenvalue weighted by molar-refractivity contribution is -0.116. The summed E-state index contributed by atoms with van der Waals surface area (Å²) >= 11 is 3.31. The number of Topliss-reactive ketones (excluding diaryl/α,β-unsaturated/α-hetero) is 1. The number of hydrogen-bond donors (Lipinski definition) is 0. The first kappa shape index (κ1) is 11.9. The van der Waals surface area contributed by atoms with Crippen molar-refractivity contribution >= 4 is 27.7 Å². The van der Waals surface area contributed by atoms with Gasteiger partial charge in [-0.2, -0.15) is 0 Å². The van der Waals surface area contributed by atoms with Gasteiger partial charge >= 0.3 is 5.97 Å². The smallest absolute Gasteiger partial charge is 0.338 e. The number of benzene rings is 1. The van der Waals surface area contributed by atoms with Gasteiger partial charge in [0, 0.05) is 10.9 Å². The van der Waals surface area contributed by atoms with Gasteiger partial charge in [0.05, 0.1) is 12.7 Å². The highest BCUT2D eigenvalue weighted by atomic mass is 79.9. The lowest BCUT2D eigenvalue weighted by atomic mass is 10.0. The molecule has 4 heteroatoms. The number of hydrogen-bond acceptors (Lipinski definition) is 3. The molecule has 0 radical (unpaired) electrons. The third kappa shape index (κ3) is 2.89. The first-order chi connectivity index (χ1) is 7.06. The molecule has 0 fully saturated rings. The van der Waals surface area contributed by atoms with Crippen molar-refractivity contribution in [1.29, 1.82) is 0 Å². The summed E-state index contributed by atoms with van der Waals surface area (Å²) in [5, 5.41) is 0. The zero-order chi connectivity index (χ0) is 11.4. The normalized spacial score (nSPS) is 9.80. The molecule has 0 heterocycles. The van der Waals surface area contributed by atoms with Gasteiger partial charge in [-0.05, 0) is 24.6 Å². The molecule has 0 aliphatic rings. The first-order valence-corrected chi connectivity index (χ1v) is 5.20. The van der Waals surface area contributed by atoms with E-state index in [1.165, 1.54) is 14.0 Å². The van der Waals surface area contributed by atoms with Crippen molar-refractivity contribution in [2.75, 3.05) is 7.11 Å². The summed E-state index contributed by atoms with van der Waals surface area (Å²) in [6, 6.07) is 5.18. The summed E-state index contributed by atoms with van der Waals surface area (Å²) in [4.78, 5) is 22.5. The number of methoxy groups -OCH3 is 1. The van der Waals surface area contributed by atoms with Crippen LogP contribution >= 0.6 is 15.9 Å². The minimum atomic E-state index is -0.424. The zero-order valence-corrected chi connectivity index (χ0v) is 10.1. The Bertz CT molecular complexity index is 399.